The fourth-order valence-corrected chi connectivity index (χ4v) is 3.59. The SMILES string of the molecule is C=Nc1c(OC(C)(C)C)ccc(Br)c1SCCC(C)C.CC. The second-order valence-corrected chi connectivity index (χ2v) is 8.09. The third kappa shape index (κ3) is 7.68. The molecule has 0 atom stereocenters. The van der Waals surface area contributed by atoms with Crippen LogP contribution in [0.1, 0.15) is 54.9 Å². The first-order chi connectivity index (χ1) is 10.2. The quantitative estimate of drug-likeness (QED) is 0.382. The summed E-state index contributed by atoms with van der Waals surface area (Å²) in [6, 6.07) is 3.97. The lowest BCUT2D eigenvalue weighted by atomic mass is 10.2. The van der Waals surface area contributed by atoms with Gasteiger partial charge in [0.2, 0.25) is 0 Å². The van der Waals surface area contributed by atoms with Gasteiger partial charge in [0, 0.05) is 4.47 Å². The van der Waals surface area contributed by atoms with Crippen molar-refractivity contribution in [2.24, 2.45) is 10.9 Å². The van der Waals surface area contributed by atoms with E-state index in [-0.39, 0.29) is 5.60 Å². The minimum absolute atomic E-state index is 0.243. The number of aliphatic imine (C=N–C) groups is 1. The fourth-order valence-electron chi connectivity index (χ4n) is 1.62. The molecule has 0 spiro atoms. The van der Waals surface area contributed by atoms with Gasteiger partial charge in [0.05, 0.1) is 4.90 Å². The first-order valence-electron chi connectivity index (χ1n) is 7.85. The zero-order valence-electron chi connectivity index (χ0n) is 15.0. The summed E-state index contributed by atoms with van der Waals surface area (Å²) in [6.45, 7) is 18.3. The van der Waals surface area contributed by atoms with Crippen LogP contribution in [0.4, 0.5) is 5.69 Å². The van der Waals surface area contributed by atoms with E-state index < -0.39 is 0 Å². The van der Waals surface area contributed by atoms with E-state index in [1.165, 1.54) is 6.42 Å². The lowest BCUT2D eigenvalue weighted by Gasteiger charge is -2.23. The normalized spacial score (nSPS) is 11.0. The largest absolute Gasteiger partial charge is 0.486 e. The molecule has 0 aromatic heterocycles. The van der Waals surface area contributed by atoms with Gasteiger partial charge < -0.3 is 4.74 Å². The van der Waals surface area contributed by atoms with Gasteiger partial charge in [-0.2, -0.15) is 0 Å². The molecule has 0 aliphatic heterocycles. The highest BCUT2D eigenvalue weighted by Crippen LogP contribution is 2.43. The molecule has 0 bridgehead atoms. The van der Waals surface area contributed by atoms with Crippen molar-refractivity contribution in [3.63, 3.8) is 0 Å². The maximum absolute atomic E-state index is 5.98. The van der Waals surface area contributed by atoms with E-state index in [0.717, 1.165) is 26.6 Å². The molecule has 126 valence electrons. The third-order valence-corrected chi connectivity index (χ3v) is 4.63. The van der Waals surface area contributed by atoms with Crippen molar-refractivity contribution in [3.05, 3.63) is 16.6 Å². The third-order valence-electron chi connectivity index (χ3n) is 2.56. The number of hydrogen-bond acceptors (Lipinski definition) is 3. The van der Waals surface area contributed by atoms with Crippen LogP contribution in [-0.4, -0.2) is 18.1 Å². The number of nitrogens with zero attached hydrogens (tertiary/aromatic N) is 1. The van der Waals surface area contributed by atoms with Crippen molar-refractivity contribution >= 4 is 40.1 Å². The molecule has 22 heavy (non-hydrogen) atoms. The summed E-state index contributed by atoms with van der Waals surface area (Å²) in [5, 5.41) is 0. The predicted molar refractivity (Wildman–Crippen MR) is 105 cm³/mol. The lowest BCUT2D eigenvalue weighted by Crippen LogP contribution is -2.23. The molecule has 2 nitrogen and oxygen atoms in total. The van der Waals surface area contributed by atoms with E-state index in [4.69, 9.17) is 4.74 Å². The molecule has 0 aliphatic carbocycles. The van der Waals surface area contributed by atoms with Gasteiger partial charge in [-0.15, -0.1) is 11.8 Å². The summed E-state index contributed by atoms with van der Waals surface area (Å²) in [6.07, 6.45) is 1.18. The van der Waals surface area contributed by atoms with Crippen LogP contribution in [0, 0.1) is 5.92 Å². The second kappa shape index (κ2) is 10.3. The second-order valence-electron chi connectivity index (χ2n) is 6.13. The summed E-state index contributed by atoms with van der Waals surface area (Å²) in [5.41, 5.74) is 0.593. The van der Waals surface area contributed by atoms with Gasteiger partial charge in [-0.05, 0) is 73.6 Å². The number of rotatable bonds is 6. The highest BCUT2D eigenvalue weighted by Gasteiger charge is 2.18. The van der Waals surface area contributed by atoms with Crippen molar-refractivity contribution < 1.29 is 4.74 Å². The lowest BCUT2D eigenvalue weighted by molar-refractivity contribution is 0.131. The van der Waals surface area contributed by atoms with E-state index in [2.05, 4.69) is 41.5 Å². The van der Waals surface area contributed by atoms with Crippen LogP contribution < -0.4 is 4.74 Å². The predicted octanol–water partition coefficient (Wildman–Crippen LogP) is 7.12. The Morgan fingerprint density at radius 3 is 2.32 bits per heavy atom. The number of halogens is 1. The average molecular weight is 388 g/mol. The van der Waals surface area contributed by atoms with Gasteiger partial charge in [-0.25, -0.2) is 0 Å². The first kappa shape index (κ1) is 21.5. The maximum atomic E-state index is 5.98. The summed E-state index contributed by atoms with van der Waals surface area (Å²) < 4.78 is 7.03. The number of thioether (sulfide) groups is 1. The summed E-state index contributed by atoms with van der Waals surface area (Å²) in [4.78, 5) is 5.30. The van der Waals surface area contributed by atoms with Crippen LogP contribution in [0.15, 0.2) is 26.5 Å². The Morgan fingerprint density at radius 1 is 1.27 bits per heavy atom. The van der Waals surface area contributed by atoms with Gasteiger partial charge in [0.15, 0.2) is 0 Å². The van der Waals surface area contributed by atoms with Crippen molar-refractivity contribution in [1.82, 2.24) is 0 Å². The van der Waals surface area contributed by atoms with Gasteiger partial charge >= 0.3 is 0 Å². The van der Waals surface area contributed by atoms with E-state index >= 15 is 0 Å². The van der Waals surface area contributed by atoms with E-state index in [9.17, 15) is 0 Å². The van der Waals surface area contributed by atoms with Crippen molar-refractivity contribution in [3.8, 4) is 5.75 Å². The van der Waals surface area contributed by atoms with Crippen LogP contribution in [0.5, 0.6) is 5.75 Å². The fraction of sp³-hybridized carbons (Fsp3) is 0.611. The highest BCUT2D eigenvalue weighted by molar-refractivity contribution is 9.10. The monoisotopic (exact) mass is 387 g/mol. The number of ether oxygens (including phenoxy) is 1. The molecule has 0 fully saturated rings. The number of hydrogen-bond donors (Lipinski definition) is 0. The molecule has 0 heterocycles. The van der Waals surface area contributed by atoms with Crippen molar-refractivity contribution in [2.75, 3.05) is 5.75 Å². The van der Waals surface area contributed by atoms with Crippen molar-refractivity contribution in [1.29, 1.82) is 0 Å². The molecule has 0 aliphatic rings. The molecule has 0 unspecified atom stereocenters. The van der Waals surface area contributed by atoms with Crippen molar-refractivity contribution in [2.45, 2.75) is 65.4 Å². The summed E-state index contributed by atoms with van der Waals surface area (Å²) in [5.74, 6) is 2.57. The Hall–Kier alpha value is -0.480. The molecule has 4 heteroatoms. The first-order valence-corrected chi connectivity index (χ1v) is 9.63. The zero-order chi connectivity index (χ0) is 17.3. The molecular weight excluding hydrogens is 358 g/mol. The van der Waals surface area contributed by atoms with Crippen LogP contribution in [0.3, 0.4) is 0 Å². The Kier molecular flexibility index (Phi) is 10.1. The molecule has 1 rings (SSSR count). The Morgan fingerprint density at radius 2 is 1.86 bits per heavy atom. The molecule has 0 amide bonds. The van der Waals surface area contributed by atoms with E-state index in [0.29, 0.717) is 5.92 Å². The van der Waals surface area contributed by atoms with Crippen LogP contribution in [0.2, 0.25) is 0 Å². The van der Waals surface area contributed by atoms with E-state index in [1.807, 2.05) is 46.8 Å². The molecule has 0 N–H and O–H groups in total. The average Bonchev–Trinajstić information content (AvgIpc) is 2.42. The minimum Gasteiger partial charge on any atom is -0.486 e. The number of benzene rings is 1. The molecular formula is C18H30BrNOS. The standard InChI is InChI=1S/C16H24BrNOS.C2H6/c1-11(2)9-10-20-15-12(17)7-8-13(14(15)18-6)19-16(3,4)5;1-2/h7-8,11H,6,9-10H2,1-5H3;1-2H3. The van der Waals surface area contributed by atoms with Gasteiger partial charge in [-0.3, -0.25) is 4.99 Å². The maximum Gasteiger partial charge on any atom is 0.146 e. The zero-order valence-corrected chi connectivity index (χ0v) is 17.4. The summed E-state index contributed by atoms with van der Waals surface area (Å²) >= 11 is 5.41. The van der Waals surface area contributed by atoms with Gasteiger partial charge in [-0.1, -0.05) is 27.7 Å². The smallest absolute Gasteiger partial charge is 0.146 e. The molecule has 0 saturated heterocycles. The van der Waals surface area contributed by atoms with Gasteiger partial charge in [0.1, 0.15) is 17.0 Å². The van der Waals surface area contributed by atoms with Gasteiger partial charge in [0.25, 0.3) is 0 Å². The minimum atomic E-state index is -0.243. The Labute approximate surface area is 149 Å². The summed E-state index contributed by atoms with van der Waals surface area (Å²) in [7, 11) is 0. The molecule has 1 aromatic carbocycles. The molecule has 0 radical (unpaired) electrons. The van der Waals surface area contributed by atoms with E-state index in [1.54, 1.807) is 11.8 Å². The van der Waals surface area contributed by atoms with Crippen LogP contribution in [-0.2, 0) is 0 Å². The Bertz CT molecular complexity index is 467. The Balaban J connectivity index is 0.00000211. The molecule has 1 aromatic rings. The topological polar surface area (TPSA) is 21.6 Å². The highest BCUT2D eigenvalue weighted by atomic mass is 79.9. The molecule has 0 saturated carbocycles. The van der Waals surface area contributed by atoms with Crippen LogP contribution >= 0.6 is 27.7 Å². The van der Waals surface area contributed by atoms with Crippen LogP contribution in [0.25, 0.3) is 0 Å².